The molecular weight excluding hydrogens is 206 g/mol. The average Bonchev–Trinajstić information content (AvgIpc) is 2.11. The van der Waals surface area contributed by atoms with Crippen LogP contribution in [-0.2, 0) is 9.59 Å². The van der Waals surface area contributed by atoms with Gasteiger partial charge in [0.1, 0.15) is 5.78 Å². The van der Waals surface area contributed by atoms with Crippen LogP contribution < -0.4 is 0 Å². The van der Waals surface area contributed by atoms with Gasteiger partial charge in [-0.05, 0) is 13.3 Å². The summed E-state index contributed by atoms with van der Waals surface area (Å²) < 4.78 is 0. The predicted octanol–water partition coefficient (Wildman–Crippen LogP) is 1.70. The van der Waals surface area contributed by atoms with E-state index in [-0.39, 0.29) is 18.6 Å². The van der Waals surface area contributed by atoms with Crippen LogP contribution in [0.4, 0.5) is 0 Å². The lowest BCUT2D eigenvalue weighted by molar-refractivity contribution is -0.147. The van der Waals surface area contributed by atoms with E-state index in [1.165, 1.54) is 13.0 Å². The number of hydrogen-bond acceptors (Lipinski definition) is 3. The molecule has 0 aliphatic heterocycles. The number of nitriles is 1. The van der Waals surface area contributed by atoms with Crippen molar-refractivity contribution in [1.82, 2.24) is 0 Å². The van der Waals surface area contributed by atoms with Crippen molar-refractivity contribution in [3.8, 4) is 6.07 Å². The Morgan fingerprint density at radius 1 is 1.64 bits per heavy atom. The summed E-state index contributed by atoms with van der Waals surface area (Å²) in [4.78, 5) is 21.7. The van der Waals surface area contributed by atoms with Crippen LogP contribution >= 0.6 is 11.6 Å². The third-order valence-electron chi connectivity index (χ3n) is 1.73. The molecule has 0 aromatic rings. The molecule has 0 aliphatic rings. The van der Waals surface area contributed by atoms with E-state index < -0.39 is 11.4 Å². The van der Waals surface area contributed by atoms with E-state index in [0.29, 0.717) is 0 Å². The Hall–Kier alpha value is -1.34. The number of rotatable bonds is 5. The van der Waals surface area contributed by atoms with E-state index >= 15 is 0 Å². The lowest BCUT2D eigenvalue weighted by Crippen LogP contribution is -2.31. The summed E-state index contributed by atoms with van der Waals surface area (Å²) >= 11 is 5.24. The lowest BCUT2D eigenvalue weighted by atomic mass is 9.81. The van der Waals surface area contributed by atoms with E-state index in [1.54, 1.807) is 6.07 Å². The SMILES string of the molecule is CC(=O)C[C@](C#N)(C/C=C/Cl)C(=O)O. The fourth-order valence-corrected chi connectivity index (χ4v) is 1.13. The van der Waals surface area contributed by atoms with Gasteiger partial charge in [0.25, 0.3) is 0 Å². The van der Waals surface area contributed by atoms with Crippen molar-refractivity contribution in [1.29, 1.82) is 5.26 Å². The number of Topliss-reactive ketones (excluding diaryl/α,β-unsaturated/α-hetero) is 1. The van der Waals surface area contributed by atoms with Gasteiger partial charge in [-0.3, -0.25) is 9.59 Å². The van der Waals surface area contributed by atoms with Gasteiger partial charge < -0.3 is 5.11 Å². The molecule has 0 saturated heterocycles. The van der Waals surface area contributed by atoms with Gasteiger partial charge in [-0.2, -0.15) is 5.26 Å². The highest BCUT2D eigenvalue weighted by molar-refractivity contribution is 6.25. The summed E-state index contributed by atoms with van der Waals surface area (Å²) in [7, 11) is 0. The Morgan fingerprint density at radius 2 is 2.21 bits per heavy atom. The van der Waals surface area contributed by atoms with Crippen LogP contribution in [0.3, 0.4) is 0 Å². The summed E-state index contributed by atoms with van der Waals surface area (Å²) in [5.41, 5.74) is -0.549. The quantitative estimate of drug-likeness (QED) is 0.757. The minimum absolute atomic E-state index is 0.0675. The number of allylic oxidation sites excluding steroid dienone is 1. The first-order valence-corrected chi connectivity index (χ1v) is 4.31. The smallest absolute Gasteiger partial charge is 0.324 e. The average molecular weight is 216 g/mol. The minimum Gasteiger partial charge on any atom is -0.480 e. The van der Waals surface area contributed by atoms with Gasteiger partial charge >= 0.3 is 5.97 Å². The van der Waals surface area contributed by atoms with Crippen molar-refractivity contribution in [3.63, 3.8) is 0 Å². The number of halogens is 1. The molecule has 0 aromatic heterocycles. The number of ketones is 1. The molecule has 0 rings (SSSR count). The molecule has 1 atom stereocenters. The first kappa shape index (κ1) is 12.7. The number of nitrogens with zero attached hydrogens (tertiary/aromatic N) is 1. The van der Waals surface area contributed by atoms with E-state index in [1.807, 2.05) is 0 Å². The first-order valence-electron chi connectivity index (χ1n) is 3.88. The summed E-state index contributed by atoms with van der Waals surface area (Å²) in [6.07, 6.45) is 0.976. The molecule has 76 valence electrons. The normalized spacial score (nSPS) is 14.6. The molecule has 0 unspecified atom stereocenters. The molecule has 4 nitrogen and oxygen atoms in total. The summed E-state index contributed by atoms with van der Waals surface area (Å²) in [5, 5.41) is 17.6. The Bertz CT molecular complexity index is 306. The number of carboxylic acid groups (broad SMARTS) is 1. The van der Waals surface area contributed by atoms with E-state index in [9.17, 15) is 9.59 Å². The second-order valence-electron chi connectivity index (χ2n) is 2.94. The molecule has 1 N–H and O–H groups in total. The Labute approximate surface area is 86.8 Å². The Morgan fingerprint density at radius 3 is 2.50 bits per heavy atom. The van der Waals surface area contributed by atoms with Crippen LogP contribution in [0.5, 0.6) is 0 Å². The maximum atomic E-state index is 10.8. The zero-order chi connectivity index (χ0) is 11.2. The van der Waals surface area contributed by atoms with Crippen LogP contribution in [0.15, 0.2) is 11.6 Å². The zero-order valence-corrected chi connectivity index (χ0v) is 8.41. The molecule has 0 bridgehead atoms. The summed E-state index contributed by atoms with van der Waals surface area (Å²) in [6.45, 7) is 1.25. The monoisotopic (exact) mass is 215 g/mol. The van der Waals surface area contributed by atoms with Crippen molar-refractivity contribution in [2.75, 3.05) is 0 Å². The third kappa shape index (κ3) is 3.19. The van der Waals surface area contributed by atoms with Crippen LogP contribution in [0.1, 0.15) is 19.8 Å². The third-order valence-corrected chi connectivity index (χ3v) is 1.91. The van der Waals surface area contributed by atoms with Crippen molar-refractivity contribution in [2.24, 2.45) is 5.41 Å². The van der Waals surface area contributed by atoms with Gasteiger partial charge in [0, 0.05) is 12.0 Å². The number of hydrogen-bond donors (Lipinski definition) is 1. The highest BCUT2D eigenvalue weighted by Crippen LogP contribution is 2.27. The van der Waals surface area contributed by atoms with Gasteiger partial charge in [-0.15, -0.1) is 0 Å². The van der Waals surface area contributed by atoms with Crippen molar-refractivity contribution in [2.45, 2.75) is 19.8 Å². The first-order chi connectivity index (χ1) is 6.48. The van der Waals surface area contributed by atoms with Gasteiger partial charge in [0.15, 0.2) is 5.41 Å². The summed E-state index contributed by atoms with van der Waals surface area (Å²) in [5.74, 6) is -1.64. The summed E-state index contributed by atoms with van der Waals surface area (Å²) in [6, 6.07) is 1.65. The van der Waals surface area contributed by atoms with Gasteiger partial charge in [-0.1, -0.05) is 17.7 Å². The zero-order valence-electron chi connectivity index (χ0n) is 7.66. The number of aliphatic carboxylic acids is 1. The maximum Gasteiger partial charge on any atom is 0.324 e. The van der Waals surface area contributed by atoms with Gasteiger partial charge in [0.2, 0.25) is 0 Å². The molecule has 0 fully saturated rings. The molecule has 14 heavy (non-hydrogen) atoms. The van der Waals surface area contributed by atoms with Crippen molar-refractivity contribution >= 4 is 23.4 Å². The molecule has 0 amide bonds. The molecule has 0 heterocycles. The topological polar surface area (TPSA) is 78.2 Å². The second kappa shape index (κ2) is 5.40. The van der Waals surface area contributed by atoms with Crippen LogP contribution in [0, 0.1) is 16.7 Å². The van der Waals surface area contributed by atoms with Crippen LogP contribution in [-0.4, -0.2) is 16.9 Å². The molecule has 0 aliphatic carbocycles. The molecule has 0 saturated carbocycles. The molecule has 5 heteroatoms. The number of carboxylic acids is 1. The fraction of sp³-hybridized carbons (Fsp3) is 0.444. The second-order valence-corrected chi connectivity index (χ2v) is 3.20. The van der Waals surface area contributed by atoms with Crippen LogP contribution in [0.2, 0.25) is 0 Å². The Kier molecular flexibility index (Phi) is 4.89. The van der Waals surface area contributed by atoms with E-state index in [4.69, 9.17) is 22.0 Å². The Balaban J connectivity index is 4.90. The largest absolute Gasteiger partial charge is 0.480 e. The van der Waals surface area contributed by atoms with Crippen molar-refractivity contribution < 1.29 is 14.7 Å². The van der Waals surface area contributed by atoms with Crippen LogP contribution in [0.25, 0.3) is 0 Å². The van der Waals surface area contributed by atoms with E-state index in [2.05, 4.69) is 0 Å². The van der Waals surface area contributed by atoms with Gasteiger partial charge in [-0.25, -0.2) is 0 Å². The predicted molar refractivity (Wildman–Crippen MR) is 50.6 cm³/mol. The molecule has 0 aromatic carbocycles. The molecule has 0 radical (unpaired) electrons. The highest BCUT2D eigenvalue weighted by atomic mass is 35.5. The standard InChI is InChI=1S/C9H10ClNO3/c1-7(12)5-9(6-11,8(13)14)3-2-4-10/h2,4H,3,5H2,1H3,(H,13,14)/b4-2+/t9-/m0/s1. The maximum absolute atomic E-state index is 10.8. The molecular formula is C9H10ClNO3. The minimum atomic E-state index is -1.68. The lowest BCUT2D eigenvalue weighted by Gasteiger charge is -2.17. The molecule has 0 spiro atoms. The fourth-order valence-electron chi connectivity index (χ4n) is 1.04. The van der Waals surface area contributed by atoms with E-state index in [0.717, 1.165) is 5.54 Å². The number of carbonyl (C=O) groups excluding carboxylic acids is 1. The number of carbonyl (C=O) groups is 2. The van der Waals surface area contributed by atoms with Crippen molar-refractivity contribution in [3.05, 3.63) is 11.6 Å². The van der Waals surface area contributed by atoms with Gasteiger partial charge in [0.05, 0.1) is 6.07 Å². The highest BCUT2D eigenvalue weighted by Gasteiger charge is 2.39.